The predicted molar refractivity (Wildman–Crippen MR) is 176 cm³/mol. The maximum absolute atomic E-state index is 12.2. The second-order valence-corrected chi connectivity index (χ2v) is 16.8. The first kappa shape index (κ1) is 37.0. The first-order chi connectivity index (χ1) is 22.2. The van der Waals surface area contributed by atoms with Gasteiger partial charge in [0.15, 0.2) is 6.29 Å². The summed E-state index contributed by atoms with van der Waals surface area (Å²) in [4.78, 5) is 23.5. The summed E-state index contributed by atoms with van der Waals surface area (Å²) in [5, 5.41) is 45.0. The zero-order valence-corrected chi connectivity index (χ0v) is 29.6. The van der Waals surface area contributed by atoms with Crippen LogP contribution in [0.25, 0.3) is 0 Å². The number of hydrogen-bond donors (Lipinski definition) is 5. The Labute approximate surface area is 281 Å². The topological polar surface area (TPSA) is 155 Å². The minimum atomic E-state index is -1.35. The number of hydrogen-bond acceptors (Lipinski definition) is 9. The van der Waals surface area contributed by atoms with Crippen molar-refractivity contribution in [2.45, 2.75) is 155 Å². The Morgan fingerprint density at radius 1 is 0.957 bits per heavy atom. The van der Waals surface area contributed by atoms with Gasteiger partial charge in [-0.2, -0.15) is 0 Å². The smallest absolute Gasteiger partial charge is 0.302 e. The minimum absolute atomic E-state index is 0.0403. The molecule has 5 N–H and O–H groups in total. The molecule has 270 valence electrons. The van der Waals surface area contributed by atoms with Crippen LogP contribution < -0.4 is 5.32 Å². The van der Waals surface area contributed by atoms with E-state index in [0.29, 0.717) is 42.1 Å². The van der Waals surface area contributed by atoms with E-state index >= 15 is 0 Å². The standard InChI is InChI=1S/C37H63NO9/c1-20(19-45-23(4)41)8-7-9-21(2)28-17-29(46-35-32(38-22(3)40)34(44)33(43)30(18-39)47-35)31-26-11-10-24-16-25(42)12-14-36(24,5)27(26)13-15-37(28,31)6/h20-21,24-35,39,42-44H,7-19H2,1-6H3,(H,38,40)/t20-,21-,24+,25-,26-,27?,28-,29+,30?,31?,32?,33+,34?,35+,36+,37-/m1/s1. The number of carbonyl (C=O) groups is 2. The minimum Gasteiger partial charge on any atom is -0.466 e. The molecule has 1 heterocycles. The van der Waals surface area contributed by atoms with Crippen molar-refractivity contribution in [3.05, 3.63) is 0 Å². The molecule has 1 saturated heterocycles. The summed E-state index contributed by atoms with van der Waals surface area (Å²) < 4.78 is 18.3. The van der Waals surface area contributed by atoms with Crippen LogP contribution in [0.2, 0.25) is 0 Å². The zero-order valence-electron chi connectivity index (χ0n) is 29.6. The summed E-state index contributed by atoms with van der Waals surface area (Å²) in [6, 6.07) is -0.959. The largest absolute Gasteiger partial charge is 0.466 e. The lowest BCUT2D eigenvalue weighted by molar-refractivity contribution is -0.290. The van der Waals surface area contributed by atoms with Crippen LogP contribution in [0, 0.1) is 52.3 Å². The number of nitrogens with one attached hydrogen (secondary N) is 1. The number of carbonyl (C=O) groups excluding carboxylic acids is 2. The monoisotopic (exact) mass is 665 g/mol. The summed E-state index contributed by atoms with van der Waals surface area (Å²) in [6.45, 7) is 12.3. The number of esters is 1. The Morgan fingerprint density at radius 3 is 2.36 bits per heavy atom. The van der Waals surface area contributed by atoms with E-state index in [1.165, 1.54) is 20.3 Å². The van der Waals surface area contributed by atoms with Crippen LogP contribution in [0.3, 0.4) is 0 Å². The van der Waals surface area contributed by atoms with Crippen LogP contribution in [0.1, 0.15) is 112 Å². The summed E-state index contributed by atoms with van der Waals surface area (Å²) >= 11 is 0. The lowest BCUT2D eigenvalue weighted by atomic mass is 9.44. The fourth-order valence-corrected chi connectivity index (χ4v) is 11.4. The Hall–Kier alpha value is -1.30. The van der Waals surface area contributed by atoms with Gasteiger partial charge in [0.05, 0.1) is 25.4 Å². The molecule has 1 aliphatic heterocycles. The number of fused-ring (bicyclic) bond motifs is 5. The molecule has 1 amide bonds. The normalized spacial score (nSPS) is 46.0. The van der Waals surface area contributed by atoms with Gasteiger partial charge in [-0.1, -0.05) is 40.5 Å². The van der Waals surface area contributed by atoms with Crippen molar-refractivity contribution in [2.75, 3.05) is 13.2 Å². The van der Waals surface area contributed by atoms with Crippen molar-refractivity contribution in [1.29, 1.82) is 0 Å². The van der Waals surface area contributed by atoms with Crippen molar-refractivity contribution in [2.24, 2.45) is 52.3 Å². The highest BCUT2D eigenvalue weighted by molar-refractivity contribution is 5.73. The Bertz CT molecular complexity index is 1090. The van der Waals surface area contributed by atoms with Gasteiger partial charge < -0.3 is 40.0 Å². The lowest BCUT2D eigenvalue weighted by Gasteiger charge is -2.61. The van der Waals surface area contributed by atoms with Gasteiger partial charge in [-0.25, -0.2) is 0 Å². The van der Waals surface area contributed by atoms with Gasteiger partial charge in [0, 0.05) is 13.8 Å². The first-order valence-electron chi connectivity index (χ1n) is 18.6. The summed E-state index contributed by atoms with van der Waals surface area (Å²) in [5.74, 6) is 2.38. The summed E-state index contributed by atoms with van der Waals surface area (Å²) in [6.07, 6.45) is 6.23. The average molecular weight is 666 g/mol. The van der Waals surface area contributed by atoms with Gasteiger partial charge in [0.2, 0.25) is 5.91 Å². The molecular weight excluding hydrogens is 602 g/mol. The highest BCUT2D eigenvalue weighted by atomic mass is 16.7. The quantitative estimate of drug-likeness (QED) is 0.206. The number of rotatable bonds is 11. The molecule has 10 heteroatoms. The van der Waals surface area contributed by atoms with E-state index in [1.807, 2.05) is 0 Å². The Kier molecular flexibility index (Phi) is 11.7. The van der Waals surface area contributed by atoms with E-state index in [0.717, 1.165) is 64.2 Å². The maximum Gasteiger partial charge on any atom is 0.302 e. The molecule has 5 unspecified atom stereocenters. The molecule has 0 aromatic heterocycles. The molecule has 16 atom stereocenters. The molecule has 5 rings (SSSR count). The third-order valence-electron chi connectivity index (χ3n) is 13.8. The van der Waals surface area contributed by atoms with Gasteiger partial charge in [-0.3, -0.25) is 9.59 Å². The molecular formula is C37H63NO9. The highest BCUT2D eigenvalue weighted by Gasteiger charge is 2.64. The first-order valence-corrected chi connectivity index (χ1v) is 18.6. The second-order valence-electron chi connectivity index (χ2n) is 16.8. The molecule has 0 aromatic carbocycles. The highest BCUT2D eigenvalue weighted by Crippen LogP contribution is 2.69. The number of ether oxygens (including phenoxy) is 3. The molecule has 10 nitrogen and oxygen atoms in total. The number of amides is 1. The van der Waals surface area contributed by atoms with Gasteiger partial charge in [0.1, 0.15) is 24.4 Å². The molecule has 0 spiro atoms. The fourth-order valence-electron chi connectivity index (χ4n) is 11.4. The van der Waals surface area contributed by atoms with E-state index in [-0.39, 0.29) is 40.8 Å². The third-order valence-corrected chi connectivity index (χ3v) is 13.8. The van der Waals surface area contributed by atoms with Crippen molar-refractivity contribution < 1.29 is 44.2 Å². The molecule has 0 bridgehead atoms. The molecule has 4 saturated carbocycles. The Morgan fingerprint density at radius 2 is 1.68 bits per heavy atom. The number of aliphatic hydroxyl groups excluding tert-OH is 4. The van der Waals surface area contributed by atoms with Crippen molar-refractivity contribution in [3.63, 3.8) is 0 Å². The van der Waals surface area contributed by atoms with Crippen molar-refractivity contribution in [1.82, 2.24) is 5.32 Å². The van der Waals surface area contributed by atoms with Crippen LogP contribution in [-0.2, 0) is 23.8 Å². The Balaban J connectivity index is 1.40. The maximum atomic E-state index is 12.2. The van der Waals surface area contributed by atoms with Crippen LogP contribution in [0.15, 0.2) is 0 Å². The van der Waals surface area contributed by atoms with Gasteiger partial charge in [-0.05, 0) is 110 Å². The lowest BCUT2D eigenvalue weighted by Crippen LogP contribution is -2.65. The fraction of sp³-hybridized carbons (Fsp3) is 0.946. The van der Waals surface area contributed by atoms with Gasteiger partial charge in [-0.15, -0.1) is 0 Å². The molecule has 0 aromatic rings. The van der Waals surface area contributed by atoms with E-state index < -0.39 is 37.3 Å². The molecule has 0 radical (unpaired) electrons. The third kappa shape index (κ3) is 7.43. The van der Waals surface area contributed by atoms with E-state index in [1.54, 1.807) is 0 Å². The molecule has 47 heavy (non-hydrogen) atoms. The van der Waals surface area contributed by atoms with Crippen LogP contribution in [0.4, 0.5) is 0 Å². The second kappa shape index (κ2) is 14.9. The summed E-state index contributed by atoms with van der Waals surface area (Å²) in [7, 11) is 0. The predicted octanol–water partition coefficient (Wildman–Crippen LogP) is 3.95. The van der Waals surface area contributed by atoms with E-state index in [9.17, 15) is 30.0 Å². The van der Waals surface area contributed by atoms with Crippen LogP contribution in [0.5, 0.6) is 0 Å². The summed E-state index contributed by atoms with van der Waals surface area (Å²) in [5.41, 5.74) is 0.233. The van der Waals surface area contributed by atoms with E-state index in [4.69, 9.17) is 14.2 Å². The zero-order chi connectivity index (χ0) is 34.3. The molecule has 5 aliphatic rings. The van der Waals surface area contributed by atoms with Crippen molar-refractivity contribution >= 4 is 11.9 Å². The van der Waals surface area contributed by atoms with Crippen LogP contribution >= 0.6 is 0 Å². The van der Waals surface area contributed by atoms with E-state index in [2.05, 4.69) is 33.0 Å². The molecule has 5 fully saturated rings. The number of aliphatic hydroxyl groups is 4. The van der Waals surface area contributed by atoms with Gasteiger partial charge in [0.25, 0.3) is 0 Å². The van der Waals surface area contributed by atoms with Crippen LogP contribution in [-0.4, -0.2) is 88.4 Å². The van der Waals surface area contributed by atoms with Crippen molar-refractivity contribution in [3.8, 4) is 0 Å². The SMILES string of the molecule is CC(=O)NC1C(O)[C@@H](O)C(CO)O[C@@H]1O[C@H]1C[C@H]([C@H](C)CCC[C@@H](C)COC(C)=O)[C@@]2(C)CCC3[C@@H](CC[C@H]4C[C@H](O)CC[C@]34C)C12. The van der Waals surface area contributed by atoms with Gasteiger partial charge >= 0.3 is 5.97 Å². The average Bonchev–Trinajstić information content (AvgIpc) is 3.31. The molecule has 4 aliphatic carbocycles.